The maximum Gasteiger partial charge on any atom is 0.0347 e. The smallest absolute Gasteiger partial charge is 0.0347 e. The summed E-state index contributed by atoms with van der Waals surface area (Å²) in [5.74, 6) is 0.707. The van der Waals surface area contributed by atoms with E-state index < -0.39 is 0 Å². The van der Waals surface area contributed by atoms with E-state index in [9.17, 15) is 0 Å². The van der Waals surface area contributed by atoms with Gasteiger partial charge < -0.3 is 5.21 Å². The molecule has 0 aromatic carbocycles. The third kappa shape index (κ3) is 1.70. The van der Waals surface area contributed by atoms with Crippen molar-refractivity contribution in [2.75, 3.05) is 0 Å². The van der Waals surface area contributed by atoms with Gasteiger partial charge in [-0.1, -0.05) is 26.2 Å². The number of nitrogens with one attached hydrogen (secondary N) is 1. The van der Waals surface area contributed by atoms with Crippen LogP contribution in [-0.4, -0.2) is 11.2 Å². The predicted octanol–water partition coefficient (Wildman–Crippen LogP) is 1.93. The standard InChI is InChI=1S/C8H17NO/c1-2-7-5-3-4-6-8(7)9-10/h7-10H,2-6H2,1H3/t7-,8+/m0/s1. The fraction of sp³-hybridized carbons (Fsp3) is 1.00. The molecule has 1 fully saturated rings. The largest absolute Gasteiger partial charge is 0.317 e. The second kappa shape index (κ2) is 3.94. The van der Waals surface area contributed by atoms with Crippen molar-refractivity contribution in [2.24, 2.45) is 5.92 Å². The van der Waals surface area contributed by atoms with Crippen molar-refractivity contribution in [3.05, 3.63) is 0 Å². The molecule has 1 saturated carbocycles. The van der Waals surface area contributed by atoms with Crippen LogP contribution in [0.2, 0.25) is 0 Å². The van der Waals surface area contributed by atoms with Crippen LogP contribution >= 0.6 is 0 Å². The van der Waals surface area contributed by atoms with Gasteiger partial charge in [-0.2, -0.15) is 0 Å². The molecule has 1 aliphatic carbocycles. The Bertz CT molecular complexity index is 83.3. The van der Waals surface area contributed by atoms with Gasteiger partial charge >= 0.3 is 0 Å². The maximum atomic E-state index is 8.74. The molecule has 0 radical (unpaired) electrons. The Kier molecular flexibility index (Phi) is 3.16. The summed E-state index contributed by atoms with van der Waals surface area (Å²) >= 11 is 0. The molecule has 0 heterocycles. The highest BCUT2D eigenvalue weighted by Gasteiger charge is 2.22. The van der Waals surface area contributed by atoms with E-state index >= 15 is 0 Å². The topological polar surface area (TPSA) is 32.3 Å². The zero-order chi connectivity index (χ0) is 7.40. The third-order valence-corrected chi connectivity index (χ3v) is 2.60. The molecule has 2 nitrogen and oxygen atoms in total. The van der Waals surface area contributed by atoms with Crippen molar-refractivity contribution in [1.29, 1.82) is 0 Å². The molecule has 2 N–H and O–H groups in total. The van der Waals surface area contributed by atoms with E-state index in [0.717, 1.165) is 6.42 Å². The van der Waals surface area contributed by atoms with Gasteiger partial charge in [0, 0.05) is 6.04 Å². The molecule has 60 valence electrons. The number of hydroxylamine groups is 1. The van der Waals surface area contributed by atoms with Gasteiger partial charge in [0.1, 0.15) is 0 Å². The fourth-order valence-electron chi connectivity index (χ4n) is 1.87. The summed E-state index contributed by atoms with van der Waals surface area (Å²) in [6.07, 6.45) is 6.24. The van der Waals surface area contributed by atoms with Crippen molar-refractivity contribution < 1.29 is 5.21 Å². The van der Waals surface area contributed by atoms with E-state index in [2.05, 4.69) is 12.4 Å². The first kappa shape index (κ1) is 8.02. The van der Waals surface area contributed by atoms with E-state index in [1.54, 1.807) is 0 Å². The maximum absolute atomic E-state index is 8.74. The van der Waals surface area contributed by atoms with Gasteiger partial charge in [-0.15, -0.1) is 0 Å². The van der Waals surface area contributed by atoms with Crippen molar-refractivity contribution >= 4 is 0 Å². The lowest BCUT2D eigenvalue weighted by molar-refractivity contribution is 0.0743. The van der Waals surface area contributed by atoms with E-state index in [-0.39, 0.29) is 0 Å². The van der Waals surface area contributed by atoms with Crippen LogP contribution in [0.5, 0.6) is 0 Å². The molecule has 1 aliphatic rings. The normalized spacial score (nSPS) is 34.2. The van der Waals surface area contributed by atoms with Crippen LogP contribution < -0.4 is 5.48 Å². The highest BCUT2D eigenvalue weighted by atomic mass is 16.5. The minimum atomic E-state index is 0.374. The van der Waals surface area contributed by atoms with Crippen molar-refractivity contribution in [3.8, 4) is 0 Å². The van der Waals surface area contributed by atoms with E-state index in [4.69, 9.17) is 5.21 Å². The molecular formula is C8H17NO. The first-order valence-corrected chi connectivity index (χ1v) is 4.28. The summed E-state index contributed by atoms with van der Waals surface area (Å²) in [5.41, 5.74) is 2.40. The lowest BCUT2D eigenvalue weighted by atomic mass is 9.83. The van der Waals surface area contributed by atoms with Crippen LogP contribution in [0.15, 0.2) is 0 Å². The third-order valence-electron chi connectivity index (χ3n) is 2.60. The second-order valence-corrected chi connectivity index (χ2v) is 3.19. The zero-order valence-electron chi connectivity index (χ0n) is 6.64. The van der Waals surface area contributed by atoms with E-state index in [1.165, 1.54) is 25.7 Å². The molecule has 0 aliphatic heterocycles. The summed E-state index contributed by atoms with van der Waals surface area (Å²) in [6.45, 7) is 2.19. The Hall–Kier alpha value is -0.0800. The highest BCUT2D eigenvalue weighted by Crippen LogP contribution is 2.26. The lowest BCUT2D eigenvalue weighted by Crippen LogP contribution is -2.36. The molecule has 0 aromatic rings. The average Bonchev–Trinajstić information content (AvgIpc) is 2.04. The van der Waals surface area contributed by atoms with Crippen LogP contribution in [0.4, 0.5) is 0 Å². The molecular weight excluding hydrogens is 126 g/mol. The van der Waals surface area contributed by atoms with E-state index in [0.29, 0.717) is 12.0 Å². The second-order valence-electron chi connectivity index (χ2n) is 3.19. The Labute approximate surface area is 62.6 Å². The Morgan fingerprint density at radius 1 is 1.40 bits per heavy atom. The van der Waals surface area contributed by atoms with E-state index in [1.807, 2.05) is 0 Å². The molecule has 0 aromatic heterocycles. The summed E-state index contributed by atoms with van der Waals surface area (Å²) in [7, 11) is 0. The molecule has 0 amide bonds. The van der Waals surface area contributed by atoms with Crippen molar-refractivity contribution in [1.82, 2.24) is 5.48 Å². The summed E-state index contributed by atoms with van der Waals surface area (Å²) in [4.78, 5) is 0. The molecule has 2 heteroatoms. The molecule has 0 bridgehead atoms. The molecule has 1 rings (SSSR count). The molecule has 0 unspecified atom stereocenters. The molecule has 0 spiro atoms. The Morgan fingerprint density at radius 2 is 2.10 bits per heavy atom. The Morgan fingerprint density at radius 3 is 2.60 bits per heavy atom. The summed E-state index contributed by atoms with van der Waals surface area (Å²) < 4.78 is 0. The summed E-state index contributed by atoms with van der Waals surface area (Å²) in [5, 5.41) is 8.74. The number of hydrogen-bond acceptors (Lipinski definition) is 2. The monoisotopic (exact) mass is 143 g/mol. The minimum absolute atomic E-state index is 0.374. The number of rotatable bonds is 2. The van der Waals surface area contributed by atoms with Crippen LogP contribution in [0.1, 0.15) is 39.0 Å². The van der Waals surface area contributed by atoms with Gasteiger partial charge in [-0.25, -0.2) is 5.48 Å². The first-order chi connectivity index (χ1) is 4.88. The average molecular weight is 143 g/mol. The van der Waals surface area contributed by atoms with Crippen LogP contribution in [0.25, 0.3) is 0 Å². The van der Waals surface area contributed by atoms with Gasteiger partial charge in [0.2, 0.25) is 0 Å². The number of hydrogen-bond donors (Lipinski definition) is 2. The highest BCUT2D eigenvalue weighted by molar-refractivity contribution is 4.76. The van der Waals surface area contributed by atoms with Gasteiger partial charge in [-0.3, -0.25) is 0 Å². The van der Waals surface area contributed by atoms with Crippen molar-refractivity contribution in [2.45, 2.75) is 45.1 Å². The molecule has 2 atom stereocenters. The van der Waals surface area contributed by atoms with Gasteiger partial charge in [0.25, 0.3) is 0 Å². The van der Waals surface area contributed by atoms with Crippen LogP contribution in [-0.2, 0) is 0 Å². The van der Waals surface area contributed by atoms with Crippen LogP contribution in [0.3, 0.4) is 0 Å². The van der Waals surface area contributed by atoms with Crippen molar-refractivity contribution in [3.63, 3.8) is 0 Å². The SMILES string of the molecule is CC[C@H]1CCCC[C@H]1NO. The summed E-state index contributed by atoms with van der Waals surface area (Å²) in [6, 6.07) is 0.374. The first-order valence-electron chi connectivity index (χ1n) is 4.28. The molecule has 10 heavy (non-hydrogen) atoms. The van der Waals surface area contributed by atoms with Gasteiger partial charge in [-0.05, 0) is 18.8 Å². The van der Waals surface area contributed by atoms with Gasteiger partial charge in [0.05, 0.1) is 0 Å². The predicted molar refractivity (Wildman–Crippen MR) is 41.0 cm³/mol. The quantitative estimate of drug-likeness (QED) is 0.579. The van der Waals surface area contributed by atoms with Crippen LogP contribution in [0, 0.1) is 5.92 Å². The zero-order valence-corrected chi connectivity index (χ0v) is 6.64. The lowest BCUT2D eigenvalue weighted by Gasteiger charge is -2.29. The van der Waals surface area contributed by atoms with Gasteiger partial charge in [0.15, 0.2) is 0 Å². The minimum Gasteiger partial charge on any atom is -0.317 e. The fourth-order valence-corrected chi connectivity index (χ4v) is 1.87. The molecule has 0 saturated heterocycles. The Balaban J connectivity index is 2.34.